The molecule has 2 aromatic rings. The van der Waals surface area contributed by atoms with Crippen molar-refractivity contribution in [2.45, 2.75) is 26.4 Å². The maximum atomic E-state index is 12.2. The zero-order chi connectivity index (χ0) is 12.6. The fourth-order valence-corrected chi connectivity index (χ4v) is 2.53. The molecule has 1 atom stereocenters. The normalized spacial score (nSPS) is 13.5. The molecular weight excluding hydrogens is 236 g/mol. The number of thiazole rings is 1. The first kappa shape index (κ1) is 12.2. The SMILES string of the molecule is CC(C)C(N)C(=O)c1cnc2scc(CN)n12. The summed E-state index contributed by atoms with van der Waals surface area (Å²) in [4.78, 5) is 17.2. The van der Waals surface area contributed by atoms with E-state index in [9.17, 15) is 4.79 Å². The number of ketones is 1. The molecule has 0 saturated carbocycles. The van der Waals surface area contributed by atoms with Crippen LogP contribution in [0.15, 0.2) is 11.6 Å². The topological polar surface area (TPSA) is 86.4 Å². The van der Waals surface area contributed by atoms with E-state index in [0.717, 1.165) is 10.7 Å². The second kappa shape index (κ2) is 4.56. The number of fused-ring (bicyclic) bond motifs is 1. The summed E-state index contributed by atoms with van der Waals surface area (Å²) in [6.45, 7) is 4.24. The predicted octanol–water partition coefficient (Wildman–Crippen LogP) is 1.02. The highest BCUT2D eigenvalue weighted by atomic mass is 32.1. The van der Waals surface area contributed by atoms with Crippen LogP contribution in [0.1, 0.15) is 30.0 Å². The van der Waals surface area contributed by atoms with E-state index < -0.39 is 6.04 Å². The van der Waals surface area contributed by atoms with Crippen LogP contribution in [0.3, 0.4) is 0 Å². The Balaban J connectivity index is 2.48. The Labute approximate surface area is 103 Å². The van der Waals surface area contributed by atoms with Crippen LogP contribution in [-0.4, -0.2) is 21.2 Å². The van der Waals surface area contributed by atoms with E-state index in [1.807, 2.05) is 19.2 Å². The molecule has 2 heterocycles. The zero-order valence-electron chi connectivity index (χ0n) is 9.88. The van der Waals surface area contributed by atoms with Gasteiger partial charge < -0.3 is 11.5 Å². The summed E-state index contributed by atoms with van der Waals surface area (Å²) < 4.78 is 1.80. The Morgan fingerprint density at radius 3 is 2.88 bits per heavy atom. The highest BCUT2D eigenvalue weighted by Crippen LogP contribution is 2.19. The number of rotatable bonds is 4. The van der Waals surface area contributed by atoms with Crippen LogP contribution in [-0.2, 0) is 6.54 Å². The van der Waals surface area contributed by atoms with Gasteiger partial charge in [-0.2, -0.15) is 0 Å². The molecule has 92 valence electrons. The number of hydrogen-bond acceptors (Lipinski definition) is 5. The van der Waals surface area contributed by atoms with Crippen LogP contribution >= 0.6 is 11.3 Å². The van der Waals surface area contributed by atoms with E-state index in [2.05, 4.69) is 4.98 Å². The van der Waals surface area contributed by atoms with Crippen LogP contribution in [0.2, 0.25) is 0 Å². The molecule has 0 radical (unpaired) electrons. The molecule has 0 aliphatic rings. The number of imidazole rings is 1. The van der Waals surface area contributed by atoms with E-state index in [1.165, 1.54) is 11.3 Å². The fourth-order valence-electron chi connectivity index (χ4n) is 1.66. The molecule has 5 nitrogen and oxygen atoms in total. The summed E-state index contributed by atoms with van der Waals surface area (Å²) >= 11 is 1.48. The molecule has 2 rings (SSSR count). The zero-order valence-corrected chi connectivity index (χ0v) is 10.7. The molecule has 0 aliphatic carbocycles. The van der Waals surface area contributed by atoms with E-state index in [-0.39, 0.29) is 11.7 Å². The average molecular weight is 252 g/mol. The summed E-state index contributed by atoms with van der Waals surface area (Å²) in [5, 5.41) is 1.92. The Morgan fingerprint density at radius 2 is 2.29 bits per heavy atom. The minimum absolute atomic E-state index is 0.0828. The first-order chi connectivity index (χ1) is 8.06. The third kappa shape index (κ3) is 1.99. The molecule has 1 unspecified atom stereocenters. The van der Waals surface area contributed by atoms with Gasteiger partial charge in [0.25, 0.3) is 0 Å². The number of nitrogens with zero attached hydrogens (tertiary/aromatic N) is 2. The van der Waals surface area contributed by atoms with Crippen LogP contribution in [0, 0.1) is 5.92 Å². The average Bonchev–Trinajstić information content (AvgIpc) is 2.87. The van der Waals surface area contributed by atoms with Crippen LogP contribution in [0.25, 0.3) is 4.96 Å². The highest BCUT2D eigenvalue weighted by molar-refractivity contribution is 7.15. The quantitative estimate of drug-likeness (QED) is 0.795. The first-order valence-electron chi connectivity index (χ1n) is 5.50. The van der Waals surface area contributed by atoms with Gasteiger partial charge in [0.15, 0.2) is 10.7 Å². The summed E-state index contributed by atoms with van der Waals surface area (Å²) in [7, 11) is 0. The van der Waals surface area contributed by atoms with Gasteiger partial charge in [0.1, 0.15) is 5.69 Å². The molecule has 2 aromatic heterocycles. The fraction of sp³-hybridized carbons (Fsp3) is 0.455. The molecule has 0 bridgehead atoms. The number of nitrogens with two attached hydrogens (primary N) is 2. The molecule has 0 aromatic carbocycles. The molecule has 0 fully saturated rings. The monoisotopic (exact) mass is 252 g/mol. The second-order valence-corrected chi connectivity index (χ2v) is 5.16. The lowest BCUT2D eigenvalue weighted by atomic mass is 9.99. The molecule has 17 heavy (non-hydrogen) atoms. The smallest absolute Gasteiger partial charge is 0.198 e. The number of hydrogen-bond donors (Lipinski definition) is 2. The van der Waals surface area contributed by atoms with Gasteiger partial charge >= 0.3 is 0 Å². The molecule has 0 amide bonds. The van der Waals surface area contributed by atoms with Gasteiger partial charge in [0.05, 0.1) is 12.2 Å². The van der Waals surface area contributed by atoms with Gasteiger partial charge in [-0.1, -0.05) is 13.8 Å². The maximum Gasteiger partial charge on any atom is 0.198 e. The predicted molar refractivity (Wildman–Crippen MR) is 68.1 cm³/mol. The van der Waals surface area contributed by atoms with Gasteiger partial charge in [-0.25, -0.2) is 4.98 Å². The van der Waals surface area contributed by atoms with Gasteiger partial charge in [-0.3, -0.25) is 9.20 Å². The maximum absolute atomic E-state index is 12.2. The van der Waals surface area contributed by atoms with Crippen molar-refractivity contribution >= 4 is 22.1 Å². The van der Waals surface area contributed by atoms with Crippen LogP contribution < -0.4 is 11.5 Å². The Kier molecular flexibility index (Phi) is 3.28. The lowest BCUT2D eigenvalue weighted by Crippen LogP contribution is -2.36. The van der Waals surface area contributed by atoms with E-state index in [1.54, 1.807) is 10.6 Å². The first-order valence-corrected chi connectivity index (χ1v) is 6.38. The van der Waals surface area contributed by atoms with Gasteiger partial charge in [-0.15, -0.1) is 11.3 Å². The van der Waals surface area contributed by atoms with Gasteiger partial charge in [-0.05, 0) is 5.92 Å². The lowest BCUT2D eigenvalue weighted by Gasteiger charge is -2.13. The van der Waals surface area contributed by atoms with Gasteiger partial charge in [0, 0.05) is 17.6 Å². The van der Waals surface area contributed by atoms with Gasteiger partial charge in [0.2, 0.25) is 0 Å². The largest absolute Gasteiger partial charge is 0.325 e. The van der Waals surface area contributed by atoms with Crippen molar-refractivity contribution in [3.8, 4) is 0 Å². The minimum Gasteiger partial charge on any atom is -0.325 e. The van der Waals surface area contributed by atoms with Crippen LogP contribution in [0.4, 0.5) is 0 Å². The van der Waals surface area contributed by atoms with Crippen molar-refractivity contribution in [1.29, 1.82) is 0 Å². The number of carbonyl (C=O) groups is 1. The standard InChI is InChI=1S/C11H16N4OS/c1-6(2)9(13)10(16)8-4-14-11-15(8)7(3-12)5-17-11/h4-6,9H,3,12-13H2,1-2H3. The molecule has 0 spiro atoms. The second-order valence-electron chi connectivity index (χ2n) is 4.33. The van der Waals surface area contributed by atoms with Crippen molar-refractivity contribution in [1.82, 2.24) is 9.38 Å². The van der Waals surface area contributed by atoms with Crippen LogP contribution in [0.5, 0.6) is 0 Å². The van der Waals surface area contributed by atoms with Crippen molar-refractivity contribution in [2.24, 2.45) is 17.4 Å². The van der Waals surface area contributed by atoms with Crippen molar-refractivity contribution in [2.75, 3.05) is 0 Å². The van der Waals surface area contributed by atoms with Crippen molar-refractivity contribution < 1.29 is 4.79 Å². The third-order valence-electron chi connectivity index (χ3n) is 2.80. The van der Waals surface area contributed by atoms with E-state index in [4.69, 9.17) is 11.5 Å². The molecule has 0 saturated heterocycles. The summed E-state index contributed by atoms with van der Waals surface area (Å²) in [5.74, 6) is 0.0219. The number of carbonyl (C=O) groups excluding carboxylic acids is 1. The molecule has 4 N–H and O–H groups in total. The highest BCUT2D eigenvalue weighted by Gasteiger charge is 2.23. The lowest BCUT2D eigenvalue weighted by molar-refractivity contribution is 0.0934. The minimum atomic E-state index is -0.500. The Morgan fingerprint density at radius 1 is 1.59 bits per heavy atom. The summed E-state index contributed by atoms with van der Waals surface area (Å²) in [6.07, 6.45) is 1.58. The van der Waals surface area contributed by atoms with Crippen molar-refractivity contribution in [3.05, 3.63) is 23.0 Å². The summed E-state index contributed by atoms with van der Waals surface area (Å²) in [5.41, 5.74) is 12.9. The number of aromatic nitrogens is 2. The molecule has 6 heteroatoms. The van der Waals surface area contributed by atoms with E-state index >= 15 is 0 Å². The number of Topliss-reactive ketones (excluding diaryl/α,β-unsaturated/α-hetero) is 1. The molecule has 0 aliphatic heterocycles. The van der Waals surface area contributed by atoms with E-state index in [0.29, 0.717) is 12.2 Å². The van der Waals surface area contributed by atoms with Crippen molar-refractivity contribution in [3.63, 3.8) is 0 Å². The third-order valence-corrected chi connectivity index (χ3v) is 3.69. The summed E-state index contributed by atoms with van der Waals surface area (Å²) in [6, 6.07) is -0.500. The Hall–Kier alpha value is -1.24. The molecular formula is C11H16N4OS. The Bertz CT molecular complexity index is 543.